The number of aromatic nitrogens is 1. The van der Waals surface area contributed by atoms with Gasteiger partial charge in [-0.3, -0.25) is 0 Å². The molecule has 0 aliphatic carbocycles. The molecule has 2 rings (SSSR count). The van der Waals surface area contributed by atoms with Crippen LogP contribution in [0.4, 0.5) is 0 Å². The van der Waals surface area contributed by atoms with Crippen LogP contribution >= 0.6 is 0 Å². The lowest BCUT2D eigenvalue weighted by atomic mass is 10.0. The van der Waals surface area contributed by atoms with Gasteiger partial charge in [-0.05, 0) is 36.6 Å². The first-order valence-corrected chi connectivity index (χ1v) is 6.16. The van der Waals surface area contributed by atoms with Crippen LogP contribution in [0.25, 0.3) is 10.9 Å². The van der Waals surface area contributed by atoms with Gasteiger partial charge in [0.15, 0.2) is 0 Å². The molecule has 0 fully saturated rings. The highest BCUT2D eigenvalue weighted by Crippen LogP contribution is 2.22. The van der Waals surface area contributed by atoms with Crippen LogP contribution in [0, 0.1) is 11.3 Å². The van der Waals surface area contributed by atoms with Crippen LogP contribution in [0.5, 0.6) is 5.88 Å². The van der Waals surface area contributed by atoms with E-state index in [0.29, 0.717) is 11.4 Å². The zero-order chi connectivity index (χ0) is 13.0. The SMILES string of the molecule is CCCCc1cc(C#N)c2nc(OC)ccc2c1. The van der Waals surface area contributed by atoms with E-state index in [9.17, 15) is 5.26 Å². The number of unbranched alkanes of at least 4 members (excludes halogenated alkanes) is 1. The normalized spacial score (nSPS) is 10.3. The first kappa shape index (κ1) is 12.4. The molecule has 18 heavy (non-hydrogen) atoms. The quantitative estimate of drug-likeness (QED) is 0.822. The highest BCUT2D eigenvalue weighted by Gasteiger charge is 2.06. The predicted octanol–water partition coefficient (Wildman–Crippen LogP) is 3.46. The van der Waals surface area contributed by atoms with Gasteiger partial charge in [0.1, 0.15) is 6.07 Å². The molecule has 0 bridgehead atoms. The molecule has 0 saturated carbocycles. The smallest absolute Gasteiger partial charge is 0.213 e. The lowest BCUT2D eigenvalue weighted by Gasteiger charge is -2.06. The molecule has 3 nitrogen and oxygen atoms in total. The standard InChI is InChI=1S/C15H16N2O/c1-3-4-5-11-8-12-6-7-14(18-2)17-15(12)13(9-11)10-16/h6-9H,3-5H2,1-2H3. The molecular formula is C15H16N2O. The number of ether oxygens (including phenoxy) is 1. The summed E-state index contributed by atoms with van der Waals surface area (Å²) in [6.45, 7) is 2.17. The van der Waals surface area contributed by atoms with Gasteiger partial charge in [-0.25, -0.2) is 4.98 Å². The monoisotopic (exact) mass is 240 g/mol. The fraction of sp³-hybridized carbons (Fsp3) is 0.333. The molecule has 3 heteroatoms. The van der Waals surface area contributed by atoms with Gasteiger partial charge in [0.25, 0.3) is 0 Å². The molecule has 0 radical (unpaired) electrons. The van der Waals surface area contributed by atoms with Crippen LogP contribution in [0.3, 0.4) is 0 Å². The Hall–Kier alpha value is -2.08. The highest BCUT2D eigenvalue weighted by molar-refractivity contribution is 5.85. The Bertz CT molecular complexity index is 599. The van der Waals surface area contributed by atoms with Crippen molar-refractivity contribution in [3.8, 4) is 11.9 Å². The molecule has 0 aliphatic heterocycles. The Morgan fingerprint density at radius 3 is 2.83 bits per heavy atom. The van der Waals surface area contributed by atoms with E-state index in [0.717, 1.165) is 30.2 Å². The van der Waals surface area contributed by atoms with Gasteiger partial charge in [0.2, 0.25) is 5.88 Å². The summed E-state index contributed by atoms with van der Waals surface area (Å²) >= 11 is 0. The first-order chi connectivity index (χ1) is 8.78. The van der Waals surface area contributed by atoms with Gasteiger partial charge in [0, 0.05) is 11.5 Å². The van der Waals surface area contributed by atoms with Crippen molar-refractivity contribution in [2.24, 2.45) is 0 Å². The van der Waals surface area contributed by atoms with Crippen LogP contribution in [0.2, 0.25) is 0 Å². The largest absolute Gasteiger partial charge is 0.481 e. The fourth-order valence-corrected chi connectivity index (χ4v) is 2.00. The van der Waals surface area contributed by atoms with Gasteiger partial charge in [0.05, 0.1) is 18.2 Å². The Morgan fingerprint density at radius 2 is 2.17 bits per heavy atom. The van der Waals surface area contributed by atoms with Crippen molar-refractivity contribution in [1.29, 1.82) is 5.26 Å². The summed E-state index contributed by atoms with van der Waals surface area (Å²) < 4.78 is 5.10. The average molecular weight is 240 g/mol. The van der Waals surface area contributed by atoms with Gasteiger partial charge >= 0.3 is 0 Å². The molecule has 1 aromatic heterocycles. The summed E-state index contributed by atoms with van der Waals surface area (Å²) in [4.78, 5) is 4.34. The molecule has 2 aromatic rings. The number of fused-ring (bicyclic) bond motifs is 1. The molecule has 92 valence electrons. The van der Waals surface area contributed by atoms with Crippen molar-refractivity contribution in [2.75, 3.05) is 7.11 Å². The average Bonchev–Trinajstić information content (AvgIpc) is 2.43. The molecule has 1 aromatic carbocycles. The highest BCUT2D eigenvalue weighted by atomic mass is 16.5. The van der Waals surface area contributed by atoms with E-state index in [-0.39, 0.29) is 0 Å². The summed E-state index contributed by atoms with van der Waals surface area (Å²) in [5, 5.41) is 10.2. The molecule has 0 spiro atoms. The molecule has 0 saturated heterocycles. The molecule has 0 amide bonds. The van der Waals surface area contributed by atoms with E-state index >= 15 is 0 Å². The van der Waals surface area contributed by atoms with E-state index in [1.165, 1.54) is 5.56 Å². The van der Waals surface area contributed by atoms with Crippen molar-refractivity contribution < 1.29 is 4.74 Å². The minimum atomic E-state index is 0.542. The topological polar surface area (TPSA) is 45.9 Å². The Labute approximate surface area is 107 Å². The van der Waals surface area contributed by atoms with E-state index in [4.69, 9.17) is 4.74 Å². The van der Waals surface area contributed by atoms with Crippen LogP contribution < -0.4 is 4.74 Å². The molecular weight excluding hydrogens is 224 g/mol. The van der Waals surface area contributed by atoms with Crippen LogP contribution in [-0.4, -0.2) is 12.1 Å². The fourth-order valence-electron chi connectivity index (χ4n) is 2.00. The first-order valence-electron chi connectivity index (χ1n) is 6.16. The Balaban J connectivity index is 2.53. The maximum Gasteiger partial charge on any atom is 0.213 e. The summed E-state index contributed by atoms with van der Waals surface area (Å²) in [5.41, 5.74) is 2.54. The Kier molecular flexibility index (Phi) is 3.78. The van der Waals surface area contributed by atoms with Crippen molar-refractivity contribution in [3.63, 3.8) is 0 Å². The van der Waals surface area contributed by atoms with Gasteiger partial charge in [-0.2, -0.15) is 5.26 Å². The molecule has 0 N–H and O–H groups in total. The number of pyridine rings is 1. The molecule has 0 aliphatic rings. The lowest BCUT2D eigenvalue weighted by molar-refractivity contribution is 0.399. The van der Waals surface area contributed by atoms with E-state index in [2.05, 4.69) is 24.0 Å². The second-order valence-electron chi connectivity index (χ2n) is 4.28. The van der Waals surface area contributed by atoms with Crippen molar-refractivity contribution in [1.82, 2.24) is 4.98 Å². The number of methoxy groups -OCH3 is 1. The summed E-state index contributed by atoms with van der Waals surface area (Å²) in [7, 11) is 1.58. The van der Waals surface area contributed by atoms with Gasteiger partial charge in [-0.1, -0.05) is 13.3 Å². The van der Waals surface area contributed by atoms with Crippen molar-refractivity contribution >= 4 is 10.9 Å². The van der Waals surface area contributed by atoms with E-state index in [1.807, 2.05) is 18.2 Å². The number of rotatable bonds is 4. The number of hydrogen-bond donors (Lipinski definition) is 0. The molecule has 0 atom stereocenters. The minimum absolute atomic E-state index is 0.542. The van der Waals surface area contributed by atoms with Gasteiger partial charge in [-0.15, -0.1) is 0 Å². The third-order valence-electron chi connectivity index (χ3n) is 2.98. The number of nitrogens with zero attached hydrogens (tertiary/aromatic N) is 2. The second kappa shape index (κ2) is 5.50. The Morgan fingerprint density at radius 1 is 1.33 bits per heavy atom. The van der Waals surface area contributed by atoms with E-state index < -0.39 is 0 Å². The van der Waals surface area contributed by atoms with Crippen LogP contribution in [-0.2, 0) is 6.42 Å². The minimum Gasteiger partial charge on any atom is -0.481 e. The number of benzene rings is 1. The summed E-state index contributed by atoms with van der Waals surface area (Å²) in [5.74, 6) is 0.542. The zero-order valence-corrected chi connectivity index (χ0v) is 10.7. The predicted molar refractivity (Wildman–Crippen MR) is 71.6 cm³/mol. The number of aryl methyl sites for hydroxylation is 1. The second-order valence-corrected chi connectivity index (χ2v) is 4.28. The lowest BCUT2D eigenvalue weighted by Crippen LogP contribution is -1.93. The maximum atomic E-state index is 9.22. The third-order valence-corrected chi connectivity index (χ3v) is 2.98. The number of hydrogen-bond acceptors (Lipinski definition) is 3. The molecule has 1 heterocycles. The number of nitriles is 1. The van der Waals surface area contributed by atoms with Crippen molar-refractivity contribution in [2.45, 2.75) is 26.2 Å². The van der Waals surface area contributed by atoms with Gasteiger partial charge < -0.3 is 4.74 Å². The van der Waals surface area contributed by atoms with Crippen LogP contribution in [0.15, 0.2) is 24.3 Å². The molecule has 0 unspecified atom stereocenters. The maximum absolute atomic E-state index is 9.22. The summed E-state index contributed by atoms with van der Waals surface area (Å²) in [6.07, 6.45) is 3.30. The van der Waals surface area contributed by atoms with E-state index in [1.54, 1.807) is 7.11 Å². The van der Waals surface area contributed by atoms with Crippen molar-refractivity contribution in [3.05, 3.63) is 35.4 Å². The summed E-state index contributed by atoms with van der Waals surface area (Å²) in [6, 6.07) is 10.0. The van der Waals surface area contributed by atoms with Crippen LogP contribution in [0.1, 0.15) is 30.9 Å². The third kappa shape index (κ3) is 2.43. The zero-order valence-electron chi connectivity index (χ0n) is 10.7.